The fourth-order valence-corrected chi connectivity index (χ4v) is 5.69. The van der Waals surface area contributed by atoms with Gasteiger partial charge in [0.1, 0.15) is 17.5 Å². The second-order valence-corrected chi connectivity index (χ2v) is 9.86. The minimum absolute atomic E-state index is 0.0451. The number of nitrogens with zero attached hydrogens (tertiary/aromatic N) is 4. The lowest BCUT2D eigenvalue weighted by molar-refractivity contribution is 0.00970. The van der Waals surface area contributed by atoms with Crippen molar-refractivity contribution in [3.05, 3.63) is 83.1 Å². The molecule has 1 saturated carbocycles. The first-order valence-electron chi connectivity index (χ1n) is 12.4. The molecule has 1 fully saturated rings. The predicted molar refractivity (Wildman–Crippen MR) is 136 cm³/mol. The van der Waals surface area contributed by atoms with Crippen LogP contribution in [0, 0.1) is 17.6 Å². The maximum Gasteiger partial charge on any atom is 0.135 e. The molecule has 4 atom stereocenters. The molecule has 0 amide bonds. The number of ether oxygens (including phenoxy) is 2. The molecule has 0 radical (unpaired) electrons. The molecule has 194 valence electrons. The third-order valence-electron chi connectivity index (χ3n) is 7.32. The van der Waals surface area contributed by atoms with Crippen LogP contribution in [-0.4, -0.2) is 45.9 Å². The van der Waals surface area contributed by atoms with Gasteiger partial charge in [0.05, 0.1) is 35.7 Å². The molecule has 1 aliphatic rings. The quantitative estimate of drug-likeness (QED) is 0.391. The highest BCUT2D eigenvalue weighted by molar-refractivity contribution is 5.63. The molecule has 3 aromatic heterocycles. The molecule has 0 aliphatic heterocycles. The molecule has 0 saturated heterocycles. The Labute approximate surface area is 214 Å². The van der Waals surface area contributed by atoms with Crippen LogP contribution in [0.5, 0.6) is 0 Å². The molecule has 4 aromatic rings. The number of aromatic nitrogens is 4. The molecule has 0 bridgehead atoms. The molecule has 2 N–H and O–H groups in total. The Bertz CT molecular complexity index is 1370. The first-order chi connectivity index (χ1) is 17.9. The van der Waals surface area contributed by atoms with Gasteiger partial charge < -0.3 is 15.2 Å². The molecule has 3 heterocycles. The van der Waals surface area contributed by atoms with Crippen LogP contribution in [0.2, 0.25) is 0 Å². The highest BCUT2D eigenvalue weighted by Crippen LogP contribution is 2.38. The average Bonchev–Trinajstić information content (AvgIpc) is 3.26. The van der Waals surface area contributed by atoms with Crippen LogP contribution in [0.25, 0.3) is 16.8 Å². The summed E-state index contributed by atoms with van der Waals surface area (Å²) in [7, 11) is 3.20. The maximum absolute atomic E-state index is 14.9. The summed E-state index contributed by atoms with van der Waals surface area (Å²) < 4.78 is 42.0. The largest absolute Gasteiger partial charge is 0.380 e. The van der Waals surface area contributed by atoms with E-state index in [1.165, 1.54) is 24.8 Å². The van der Waals surface area contributed by atoms with Crippen molar-refractivity contribution in [1.82, 2.24) is 19.6 Å². The van der Waals surface area contributed by atoms with Crippen molar-refractivity contribution in [1.29, 1.82) is 0 Å². The number of rotatable bonds is 7. The number of halogens is 2. The van der Waals surface area contributed by atoms with Crippen molar-refractivity contribution >= 4 is 5.52 Å². The van der Waals surface area contributed by atoms with Crippen molar-refractivity contribution in [3.63, 3.8) is 0 Å². The summed E-state index contributed by atoms with van der Waals surface area (Å²) in [5, 5.41) is 4.57. The van der Waals surface area contributed by atoms with E-state index in [9.17, 15) is 8.78 Å². The van der Waals surface area contributed by atoms with Gasteiger partial charge in [-0.25, -0.2) is 18.3 Å². The smallest absolute Gasteiger partial charge is 0.135 e. The van der Waals surface area contributed by atoms with Crippen molar-refractivity contribution in [3.8, 4) is 11.3 Å². The lowest BCUT2D eigenvalue weighted by Gasteiger charge is -2.38. The number of fused-ring (bicyclic) bond motifs is 1. The average molecular weight is 508 g/mol. The second kappa shape index (κ2) is 10.6. The molecule has 1 aromatic carbocycles. The number of hydrogen-bond acceptors (Lipinski definition) is 6. The highest BCUT2D eigenvalue weighted by Gasteiger charge is 2.35. The molecule has 0 spiro atoms. The number of benzene rings is 1. The second-order valence-electron chi connectivity index (χ2n) is 9.86. The summed E-state index contributed by atoms with van der Waals surface area (Å²) in [6, 6.07) is 7.91. The third kappa shape index (κ3) is 4.99. The van der Waals surface area contributed by atoms with Crippen molar-refractivity contribution < 1.29 is 18.3 Å². The third-order valence-corrected chi connectivity index (χ3v) is 7.32. The van der Waals surface area contributed by atoms with E-state index in [1.807, 2.05) is 12.3 Å². The fraction of sp³-hybridized carbons (Fsp3) is 0.393. The Morgan fingerprint density at radius 3 is 2.57 bits per heavy atom. The molecule has 7 nitrogen and oxygen atoms in total. The maximum atomic E-state index is 14.9. The molecule has 5 rings (SSSR count). The summed E-state index contributed by atoms with van der Waals surface area (Å²) in [5.74, 6) is -0.112. The molecule has 0 unspecified atom stereocenters. The number of hydrogen-bond donors (Lipinski definition) is 1. The van der Waals surface area contributed by atoms with Crippen LogP contribution in [0.15, 0.2) is 48.9 Å². The molecule has 1 aliphatic carbocycles. The van der Waals surface area contributed by atoms with E-state index in [2.05, 4.69) is 22.0 Å². The van der Waals surface area contributed by atoms with Gasteiger partial charge in [0.2, 0.25) is 0 Å². The number of imidazole rings is 1. The predicted octanol–water partition coefficient (Wildman–Crippen LogP) is 4.66. The van der Waals surface area contributed by atoms with Gasteiger partial charge in [0, 0.05) is 39.1 Å². The van der Waals surface area contributed by atoms with E-state index in [0.717, 1.165) is 23.9 Å². The molecular formula is C28H31F2N5O2. The van der Waals surface area contributed by atoms with Crippen LogP contribution in [0.4, 0.5) is 8.78 Å². The molecule has 37 heavy (non-hydrogen) atoms. The molecule has 9 heteroatoms. The van der Waals surface area contributed by atoms with Gasteiger partial charge in [-0.15, -0.1) is 0 Å². The zero-order valence-electron chi connectivity index (χ0n) is 21.2. The van der Waals surface area contributed by atoms with Crippen LogP contribution >= 0.6 is 0 Å². The Hall–Kier alpha value is -3.27. The SMILES string of the molecule is COCc1cc(F)c(-c2ccc3cnc(Cc4cnccc4[C@H]4C[C@@H](N)[C@H](OC)[C@@H](C)C4)n3n2)c(F)c1. The first-order valence-corrected chi connectivity index (χ1v) is 12.4. The number of nitrogens with two attached hydrogens (primary N) is 1. The lowest BCUT2D eigenvalue weighted by Crippen LogP contribution is -2.45. The Kier molecular flexibility index (Phi) is 7.28. The monoisotopic (exact) mass is 507 g/mol. The van der Waals surface area contributed by atoms with Crippen LogP contribution in [0.3, 0.4) is 0 Å². The van der Waals surface area contributed by atoms with Gasteiger partial charge in [0.25, 0.3) is 0 Å². The van der Waals surface area contributed by atoms with Gasteiger partial charge in [-0.05, 0) is 71.7 Å². The zero-order valence-corrected chi connectivity index (χ0v) is 21.2. The van der Waals surface area contributed by atoms with Crippen LogP contribution in [0.1, 0.15) is 48.2 Å². The normalized spacial score (nSPS) is 22.0. The summed E-state index contributed by atoms with van der Waals surface area (Å²) in [5.41, 5.74) is 9.84. The number of methoxy groups -OCH3 is 2. The van der Waals surface area contributed by atoms with E-state index in [0.29, 0.717) is 23.7 Å². The summed E-state index contributed by atoms with van der Waals surface area (Å²) in [4.78, 5) is 8.93. The van der Waals surface area contributed by atoms with Crippen molar-refractivity contribution in [2.75, 3.05) is 14.2 Å². The number of pyridine rings is 1. The van der Waals surface area contributed by atoms with Gasteiger partial charge >= 0.3 is 0 Å². The Morgan fingerprint density at radius 1 is 1.08 bits per heavy atom. The topological polar surface area (TPSA) is 87.6 Å². The van der Waals surface area contributed by atoms with E-state index < -0.39 is 11.6 Å². The van der Waals surface area contributed by atoms with E-state index in [1.54, 1.807) is 36.2 Å². The standard InChI is InChI=1S/C28H31F2N5O2/c1-16-8-18(11-24(31)28(16)37-3)21-6-7-32-13-19(21)12-26-33-14-20-4-5-25(34-35(20)26)27-22(29)9-17(15-36-2)10-23(27)30/h4-7,9-10,13-14,16,18,24,28H,8,11-12,15,31H2,1-3H3/t16-,18+,24+,28+/m0/s1. The minimum atomic E-state index is -0.688. The van der Waals surface area contributed by atoms with E-state index in [4.69, 9.17) is 15.2 Å². The van der Waals surface area contributed by atoms with Gasteiger partial charge in [-0.3, -0.25) is 4.98 Å². The van der Waals surface area contributed by atoms with Crippen molar-refractivity contribution in [2.45, 2.75) is 50.9 Å². The summed E-state index contributed by atoms with van der Waals surface area (Å²) in [6.45, 7) is 2.30. The van der Waals surface area contributed by atoms with E-state index >= 15 is 0 Å². The summed E-state index contributed by atoms with van der Waals surface area (Å²) in [6.07, 6.45) is 7.67. The zero-order chi connectivity index (χ0) is 26.1. The minimum Gasteiger partial charge on any atom is -0.380 e. The Morgan fingerprint density at radius 2 is 1.86 bits per heavy atom. The van der Waals surface area contributed by atoms with Gasteiger partial charge in [-0.2, -0.15) is 5.10 Å². The van der Waals surface area contributed by atoms with Gasteiger partial charge in [-0.1, -0.05) is 6.92 Å². The van der Waals surface area contributed by atoms with E-state index in [-0.39, 0.29) is 35.9 Å². The summed E-state index contributed by atoms with van der Waals surface area (Å²) >= 11 is 0. The highest BCUT2D eigenvalue weighted by atomic mass is 19.1. The van der Waals surface area contributed by atoms with Crippen LogP contribution in [-0.2, 0) is 22.5 Å². The molecular weight excluding hydrogens is 476 g/mol. The lowest BCUT2D eigenvalue weighted by atomic mass is 9.74. The van der Waals surface area contributed by atoms with Gasteiger partial charge in [0.15, 0.2) is 0 Å². The fourth-order valence-electron chi connectivity index (χ4n) is 5.69. The van der Waals surface area contributed by atoms with Crippen molar-refractivity contribution in [2.24, 2.45) is 11.7 Å². The first kappa shape index (κ1) is 25.4. The van der Waals surface area contributed by atoms with Crippen LogP contribution < -0.4 is 5.73 Å². The Balaban J connectivity index is 1.48.